The molecular formula is C38H74O4. The molecule has 0 spiro atoms. The number of rotatable bonds is 34. The summed E-state index contributed by atoms with van der Waals surface area (Å²) < 4.78 is 4.88. The number of unbranched alkanes of at least 4 members (excludes halogenated alkanes) is 29. The third-order valence-electron chi connectivity index (χ3n) is 8.80. The van der Waals surface area contributed by atoms with Crippen LogP contribution in [0.15, 0.2) is 0 Å². The molecule has 0 saturated carbocycles. The van der Waals surface area contributed by atoms with Gasteiger partial charge in [-0.3, -0.25) is 4.79 Å². The molecular weight excluding hydrogens is 520 g/mol. The van der Waals surface area contributed by atoms with Crippen LogP contribution in [0.2, 0.25) is 0 Å². The number of hydrogen-bond donors (Lipinski definition) is 1. The van der Waals surface area contributed by atoms with Crippen molar-refractivity contribution in [1.82, 2.24) is 0 Å². The Balaban J connectivity index is 3.39. The van der Waals surface area contributed by atoms with Gasteiger partial charge in [0.05, 0.1) is 0 Å². The predicted octanol–water partition coefficient (Wildman–Crippen LogP) is 12.3. The number of aliphatic hydroxyl groups is 1. The van der Waals surface area contributed by atoms with E-state index in [4.69, 9.17) is 4.74 Å². The number of carbonyl (C=O) groups excluding carboxylic acids is 2. The normalized spacial score (nSPS) is 12.1. The molecule has 0 aliphatic heterocycles. The molecule has 42 heavy (non-hydrogen) atoms. The van der Waals surface area contributed by atoms with Crippen molar-refractivity contribution in [2.45, 2.75) is 232 Å². The minimum Gasteiger partial charge on any atom is -0.391 e. The topological polar surface area (TPSA) is 63.6 Å². The molecule has 0 aromatic rings. The molecule has 250 valence electrons. The quantitative estimate of drug-likeness (QED) is 0.0457. The van der Waals surface area contributed by atoms with Gasteiger partial charge in [0, 0.05) is 6.42 Å². The van der Waals surface area contributed by atoms with E-state index in [1.807, 2.05) is 0 Å². The van der Waals surface area contributed by atoms with Gasteiger partial charge in [-0.15, -0.1) is 0 Å². The summed E-state index contributed by atoms with van der Waals surface area (Å²) >= 11 is 0. The van der Waals surface area contributed by atoms with E-state index in [1.165, 1.54) is 161 Å². The third-order valence-corrected chi connectivity index (χ3v) is 8.80. The molecule has 1 atom stereocenters. The fourth-order valence-electron chi connectivity index (χ4n) is 5.88. The fraction of sp³-hybridized carbons (Fsp3) is 0.947. The highest BCUT2D eigenvalue weighted by Crippen LogP contribution is 2.16. The van der Waals surface area contributed by atoms with Crippen LogP contribution in [-0.4, -0.2) is 23.1 Å². The summed E-state index contributed by atoms with van der Waals surface area (Å²) in [6.45, 7) is 4.54. The number of aliphatic hydroxyl groups excluding tert-OH is 1. The third kappa shape index (κ3) is 32.0. The summed E-state index contributed by atoms with van der Waals surface area (Å²) in [5, 5.41) is 10.1. The number of ether oxygens (including phenoxy) is 1. The van der Waals surface area contributed by atoms with Crippen LogP contribution in [0, 0.1) is 0 Å². The maximum absolute atomic E-state index is 12.0. The molecule has 4 nitrogen and oxygen atoms in total. The van der Waals surface area contributed by atoms with Gasteiger partial charge in [0.15, 0.2) is 6.10 Å². The van der Waals surface area contributed by atoms with Crippen molar-refractivity contribution in [3.05, 3.63) is 0 Å². The van der Waals surface area contributed by atoms with Crippen molar-refractivity contribution in [3.63, 3.8) is 0 Å². The van der Waals surface area contributed by atoms with Gasteiger partial charge in [-0.25, -0.2) is 4.79 Å². The molecule has 0 heterocycles. The van der Waals surface area contributed by atoms with Gasteiger partial charge in [0.25, 0.3) is 0 Å². The molecule has 0 amide bonds. The van der Waals surface area contributed by atoms with E-state index in [0.717, 1.165) is 38.5 Å². The zero-order chi connectivity index (χ0) is 30.8. The van der Waals surface area contributed by atoms with Crippen molar-refractivity contribution < 1.29 is 19.4 Å². The lowest BCUT2D eigenvalue weighted by Gasteiger charge is -2.09. The molecule has 0 bridgehead atoms. The molecule has 1 unspecified atom stereocenters. The number of hydrogen-bond acceptors (Lipinski definition) is 4. The molecule has 4 heteroatoms. The van der Waals surface area contributed by atoms with E-state index in [-0.39, 0.29) is 6.42 Å². The molecule has 0 aromatic heterocycles. The van der Waals surface area contributed by atoms with Crippen LogP contribution in [0.1, 0.15) is 226 Å². The lowest BCUT2D eigenvalue weighted by molar-refractivity contribution is -0.166. The average molecular weight is 595 g/mol. The van der Waals surface area contributed by atoms with E-state index in [2.05, 4.69) is 13.8 Å². The van der Waals surface area contributed by atoms with Crippen molar-refractivity contribution in [3.8, 4) is 0 Å². The van der Waals surface area contributed by atoms with E-state index in [0.29, 0.717) is 6.42 Å². The standard InChI is InChI=1S/C38H74O4/c1-3-5-7-9-11-13-15-17-19-20-21-23-25-27-29-31-33-35-37(40)42-38(41)36(39)34-32-30-28-26-24-22-18-16-14-12-10-8-6-4-2/h36,39H,3-35H2,1-2H3. The lowest BCUT2D eigenvalue weighted by Crippen LogP contribution is -2.25. The van der Waals surface area contributed by atoms with E-state index >= 15 is 0 Å². The SMILES string of the molecule is CCCCCCCCCCCCCCCCCCCC(=O)OC(=O)C(O)CCCCCCCCCCCCCCCC. The van der Waals surface area contributed by atoms with Crippen LogP contribution in [0.4, 0.5) is 0 Å². The average Bonchev–Trinajstić information content (AvgIpc) is 2.98. The van der Waals surface area contributed by atoms with Crippen molar-refractivity contribution >= 4 is 11.9 Å². The zero-order valence-corrected chi connectivity index (χ0v) is 28.6. The summed E-state index contributed by atoms with van der Waals surface area (Å²) in [5.74, 6) is -1.25. The maximum atomic E-state index is 12.0. The minimum atomic E-state index is -1.16. The highest BCUT2D eigenvalue weighted by molar-refractivity contribution is 5.87. The van der Waals surface area contributed by atoms with Gasteiger partial charge in [0.2, 0.25) is 0 Å². The van der Waals surface area contributed by atoms with E-state index in [9.17, 15) is 14.7 Å². The van der Waals surface area contributed by atoms with Crippen molar-refractivity contribution in [1.29, 1.82) is 0 Å². The maximum Gasteiger partial charge on any atom is 0.342 e. The fourth-order valence-corrected chi connectivity index (χ4v) is 5.88. The minimum absolute atomic E-state index is 0.274. The summed E-state index contributed by atoms with van der Waals surface area (Å²) in [6, 6.07) is 0. The first kappa shape index (κ1) is 41.1. The predicted molar refractivity (Wildman–Crippen MR) is 181 cm³/mol. The van der Waals surface area contributed by atoms with Crippen LogP contribution < -0.4 is 0 Å². The van der Waals surface area contributed by atoms with Gasteiger partial charge in [-0.2, -0.15) is 0 Å². The largest absolute Gasteiger partial charge is 0.391 e. The van der Waals surface area contributed by atoms with Crippen molar-refractivity contribution in [2.75, 3.05) is 0 Å². The first-order chi connectivity index (χ1) is 20.6. The molecule has 0 aliphatic rings. The molecule has 1 N–H and O–H groups in total. The Morgan fingerprint density at radius 1 is 0.429 bits per heavy atom. The molecule has 0 rings (SSSR count). The van der Waals surface area contributed by atoms with Gasteiger partial charge in [-0.05, 0) is 12.8 Å². The summed E-state index contributed by atoms with van der Waals surface area (Å²) in [7, 11) is 0. The monoisotopic (exact) mass is 595 g/mol. The summed E-state index contributed by atoms with van der Waals surface area (Å²) in [5.41, 5.74) is 0. The molecule has 0 aromatic carbocycles. The second-order valence-electron chi connectivity index (χ2n) is 13.1. The summed E-state index contributed by atoms with van der Waals surface area (Å²) in [4.78, 5) is 24.0. The van der Waals surface area contributed by atoms with Crippen LogP contribution in [0.3, 0.4) is 0 Å². The Hall–Kier alpha value is -0.900. The van der Waals surface area contributed by atoms with Crippen molar-refractivity contribution in [2.24, 2.45) is 0 Å². The van der Waals surface area contributed by atoms with Gasteiger partial charge in [0.1, 0.15) is 0 Å². The lowest BCUT2D eigenvalue weighted by atomic mass is 10.0. The van der Waals surface area contributed by atoms with Crippen LogP contribution in [0.5, 0.6) is 0 Å². The molecule has 0 radical (unpaired) electrons. The Morgan fingerprint density at radius 2 is 0.690 bits per heavy atom. The molecule has 0 aliphatic carbocycles. The van der Waals surface area contributed by atoms with Gasteiger partial charge in [-0.1, -0.05) is 206 Å². The Kier molecular flexibility index (Phi) is 33.8. The number of carbonyl (C=O) groups is 2. The Morgan fingerprint density at radius 3 is 1.00 bits per heavy atom. The highest BCUT2D eigenvalue weighted by Gasteiger charge is 2.19. The smallest absolute Gasteiger partial charge is 0.342 e. The Labute approximate surface area is 262 Å². The summed E-state index contributed by atoms with van der Waals surface area (Å²) in [6.07, 6.45) is 39.5. The van der Waals surface area contributed by atoms with E-state index in [1.54, 1.807) is 0 Å². The Bertz CT molecular complexity index is 561. The first-order valence-electron chi connectivity index (χ1n) is 19.0. The van der Waals surface area contributed by atoms with Gasteiger partial charge >= 0.3 is 11.9 Å². The van der Waals surface area contributed by atoms with Crippen LogP contribution in [0.25, 0.3) is 0 Å². The van der Waals surface area contributed by atoms with Crippen LogP contribution >= 0.6 is 0 Å². The highest BCUT2D eigenvalue weighted by atomic mass is 16.6. The molecule has 0 fully saturated rings. The second-order valence-corrected chi connectivity index (χ2v) is 13.1. The number of esters is 2. The van der Waals surface area contributed by atoms with Gasteiger partial charge < -0.3 is 9.84 Å². The van der Waals surface area contributed by atoms with E-state index < -0.39 is 18.0 Å². The van der Waals surface area contributed by atoms with Crippen LogP contribution in [-0.2, 0) is 14.3 Å². The second kappa shape index (κ2) is 34.6. The molecule has 0 saturated heterocycles. The first-order valence-corrected chi connectivity index (χ1v) is 19.0. The zero-order valence-electron chi connectivity index (χ0n) is 28.6.